The number of rotatable bonds is 8. The maximum atomic E-state index is 11.8. The highest BCUT2D eigenvalue weighted by atomic mass is 35.5. The lowest BCUT2D eigenvalue weighted by Crippen LogP contribution is -2.50. The van der Waals surface area contributed by atoms with Crippen molar-refractivity contribution in [3.05, 3.63) is 29.3 Å². The van der Waals surface area contributed by atoms with E-state index in [1.165, 1.54) is 7.11 Å². The van der Waals surface area contributed by atoms with Gasteiger partial charge in [0.25, 0.3) is 0 Å². The predicted molar refractivity (Wildman–Crippen MR) is 85.5 cm³/mol. The second kappa shape index (κ2) is 8.55. The van der Waals surface area contributed by atoms with Crippen LogP contribution in [0.15, 0.2) is 29.2 Å². The van der Waals surface area contributed by atoms with Gasteiger partial charge in [-0.2, -0.15) is 0 Å². The Labute approximate surface area is 130 Å². The average molecular weight is 316 g/mol. The van der Waals surface area contributed by atoms with E-state index in [2.05, 4.69) is 5.32 Å². The maximum absolute atomic E-state index is 11.8. The van der Waals surface area contributed by atoms with Crippen molar-refractivity contribution < 1.29 is 9.53 Å². The van der Waals surface area contributed by atoms with Crippen LogP contribution in [0.4, 0.5) is 0 Å². The van der Waals surface area contributed by atoms with E-state index >= 15 is 0 Å². The fourth-order valence-electron chi connectivity index (χ4n) is 2.05. The molecule has 0 spiro atoms. The van der Waals surface area contributed by atoms with Crippen molar-refractivity contribution >= 4 is 29.3 Å². The van der Waals surface area contributed by atoms with Crippen molar-refractivity contribution in [3.63, 3.8) is 0 Å². The van der Waals surface area contributed by atoms with Crippen LogP contribution in [-0.2, 0) is 9.53 Å². The highest BCUT2D eigenvalue weighted by Gasteiger charge is 2.32. The molecule has 0 fully saturated rings. The first-order valence-corrected chi connectivity index (χ1v) is 8.10. The molecule has 0 amide bonds. The Morgan fingerprint density at radius 1 is 1.50 bits per heavy atom. The summed E-state index contributed by atoms with van der Waals surface area (Å²) in [4.78, 5) is 13.0. The number of thioether (sulfide) groups is 1. The number of nitrogens with one attached hydrogen (secondary N) is 1. The predicted octanol–water partition coefficient (Wildman–Crippen LogP) is 3.75. The summed E-state index contributed by atoms with van der Waals surface area (Å²) in [6.45, 7) is 4.63. The molecule has 1 unspecified atom stereocenters. The van der Waals surface area contributed by atoms with Crippen LogP contribution in [0.1, 0.15) is 26.7 Å². The lowest BCUT2D eigenvalue weighted by Gasteiger charge is -2.27. The molecule has 0 aliphatic rings. The molecule has 1 aromatic rings. The van der Waals surface area contributed by atoms with E-state index in [1.807, 2.05) is 38.1 Å². The molecule has 0 radical (unpaired) electrons. The zero-order chi connectivity index (χ0) is 15.0. The summed E-state index contributed by atoms with van der Waals surface area (Å²) in [5.41, 5.74) is -0.599. The molecule has 0 saturated heterocycles. The number of hydrogen-bond donors (Lipinski definition) is 1. The van der Waals surface area contributed by atoms with Crippen molar-refractivity contribution in [1.82, 2.24) is 5.32 Å². The van der Waals surface area contributed by atoms with Crippen LogP contribution in [-0.4, -0.2) is 30.9 Å². The summed E-state index contributed by atoms with van der Waals surface area (Å²) in [6, 6.07) is 7.81. The molecule has 20 heavy (non-hydrogen) atoms. The summed E-state index contributed by atoms with van der Waals surface area (Å²) in [7, 11) is 1.43. The minimum Gasteiger partial charge on any atom is -0.468 e. The third kappa shape index (κ3) is 5.35. The number of ether oxygens (including phenoxy) is 1. The van der Waals surface area contributed by atoms with Gasteiger partial charge < -0.3 is 10.1 Å². The molecule has 0 heterocycles. The Morgan fingerprint density at radius 3 is 2.85 bits per heavy atom. The van der Waals surface area contributed by atoms with Crippen LogP contribution >= 0.6 is 23.4 Å². The largest absolute Gasteiger partial charge is 0.468 e. The van der Waals surface area contributed by atoms with Gasteiger partial charge in [0.2, 0.25) is 0 Å². The van der Waals surface area contributed by atoms with Crippen LogP contribution in [0.2, 0.25) is 5.02 Å². The standard InChI is InChI=1S/C15H22ClNO2S/c1-4-17-15(2,14(18)19-3)9-6-10-20-13-8-5-7-12(16)11-13/h5,7-8,11,17H,4,6,9-10H2,1-3H3. The number of carbonyl (C=O) groups excluding carboxylic acids is 1. The minimum absolute atomic E-state index is 0.202. The van der Waals surface area contributed by atoms with Crippen molar-refractivity contribution in [2.75, 3.05) is 19.4 Å². The Balaban J connectivity index is 2.43. The smallest absolute Gasteiger partial charge is 0.325 e. The number of esters is 1. The molecule has 1 aromatic carbocycles. The zero-order valence-electron chi connectivity index (χ0n) is 12.2. The van der Waals surface area contributed by atoms with Gasteiger partial charge in [-0.25, -0.2) is 0 Å². The van der Waals surface area contributed by atoms with E-state index in [4.69, 9.17) is 16.3 Å². The van der Waals surface area contributed by atoms with Gasteiger partial charge in [0, 0.05) is 9.92 Å². The minimum atomic E-state index is -0.599. The van der Waals surface area contributed by atoms with Gasteiger partial charge in [-0.1, -0.05) is 24.6 Å². The van der Waals surface area contributed by atoms with E-state index in [0.717, 1.165) is 35.1 Å². The summed E-state index contributed by atoms with van der Waals surface area (Å²) in [5, 5.41) is 3.96. The second-order valence-electron chi connectivity index (χ2n) is 4.76. The third-order valence-electron chi connectivity index (χ3n) is 3.09. The fraction of sp³-hybridized carbons (Fsp3) is 0.533. The van der Waals surface area contributed by atoms with Gasteiger partial charge in [-0.15, -0.1) is 11.8 Å². The fourth-order valence-corrected chi connectivity index (χ4v) is 3.22. The number of carbonyl (C=O) groups is 1. The summed E-state index contributed by atoms with van der Waals surface area (Å²) < 4.78 is 4.87. The average Bonchev–Trinajstić information content (AvgIpc) is 2.43. The molecular weight excluding hydrogens is 294 g/mol. The number of benzene rings is 1. The summed E-state index contributed by atoms with van der Waals surface area (Å²) in [5.74, 6) is 0.741. The molecule has 0 aliphatic heterocycles. The lowest BCUT2D eigenvalue weighted by atomic mass is 9.96. The zero-order valence-corrected chi connectivity index (χ0v) is 13.8. The summed E-state index contributed by atoms with van der Waals surface area (Å²) in [6.07, 6.45) is 1.68. The van der Waals surface area contributed by atoms with Gasteiger partial charge in [0.1, 0.15) is 5.54 Å². The molecule has 1 atom stereocenters. The Bertz CT molecular complexity index is 442. The van der Waals surface area contributed by atoms with Gasteiger partial charge >= 0.3 is 5.97 Å². The van der Waals surface area contributed by atoms with Crippen LogP contribution in [0.3, 0.4) is 0 Å². The summed E-state index contributed by atoms with van der Waals surface area (Å²) >= 11 is 7.70. The highest BCUT2D eigenvalue weighted by molar-refractivity contribution is 7.99. The number of methoxy groups -OCH3 is 1. The van der Waals surface area contributed by atoms with E-state index in [-0.39, 0.29) is 5.97 Å². The molecule has 0 aromatic heterocycles. The van der Waals surface area contributed by atoms with E-state index in [9.17, 15) is 4.79 Å². The molecule has 1 N–H and O–H groups in total. The maximum Gasteiger partial charge on any atom is 0.325 e. The Morgan fingerprint density at radius 2 is 2.25 bits per heavy atom. The lowest BCUT2D eigenvalue weighted by molar-refractivity contribution is -0.148. The molecule has 0 saturated carbocycles. The number of hydrogen-bond acceptors (Lipinski definition) is 4. The molecule has 0 aliphatic carbocycles. The monoisotopic (exact) mass is 315 g/mol. The normalized spacial score (nSPS) is 13.8. The second-order valence-corrected chi connectivity index (χ2v) is 6.37. The number of halogens is 1. The molecule has 3 nitrogen and oxygen atoms in total. The molecule has 112 valence electrons. The molecule has 0 bridgehead atoms. The quantitative estimate of drug-likeness (QED) is 0.450. The van der Waals surface area contributed by atoms with E-state index < -0.39 is 5.54 Å². The van der Waals surface area contributed by atoms with E-state index in [1.54, 1.807) is 11.8 Å². The van der Waals surface area contributed by atoms with Crippen LogP contribution < -0.4 is 5.32 Å². The van der Waals surface area contributed by atoms with Gasteiger partial charge in [-0.3, -0.25) is 4.79 Å². The highest BCUT2D eigenvalue weighted by Crippen LogP contribution is 2.24. The molecule has 5 heteroatoms. The first kappa shape index (κ1) is 17.3. The van der Waals surface area contributed by atoms with E-state index in [0.29, 0.717) is 0 Å². The van der Waals surface area contributed by atoms with Crippen LogP contribution in [0.5, 0.6) is 0 Å². The van der Waals surface area contributed by atoms with Gasteiger partial charge in [0.15, 0.2) is 0 Å². The van der Waals surface area contributed by atoms with Crippen LogP contribution in [0.25, 0.3) is 0 Å². The first-order valence-electron chi connectivity index (χ1n) is 6.73. The molecule has 1 rings (SSSR count). The SMILES string of the molecule is CCNC(C)(CCCSc1cccc(Cl)c1)C(=O)OC. The van der Waals surface area contributed by atoms with Crippen LogP contribution in [0, 0.1) is 0 Å². The van der Waals surface area contributed by atoms with Crippen molar-refractivity contribution in [2.45, 2.75) is 37.1 Å². The Kier molecular flexibility index (Phi) is 7.41. The van der Waals surface area contributed by atoms with Crippen molar-refractivity contribution in [3.8, 4) is 0 Å². The first-order chi connectivity index (χ1) is 9.51. The van der Waals surface area contributed by atoms with Gasteiger partial charge in [-0.05, 0) is 50.3 Å². The topological polar surface area (TPSA) is 38.3 Å². The van der Waals surface area contributed by atoms with Crippen molar-refractivity contribution in [1.29, 1.82) is 0 Å². The number of likely N-dealkylation sites (N-methyl/N-ethyl adjacent to an activating group) is 1. The Hall–Kier alpha value is -0.710. The van der Waals surface area contributed by atoms with Gasteiger partial charge in [0.05, 0.1) is 7.11 Å². The molecular formula is C15H22ClNO2S. The van der Waals surface area contributed by atoms with Crippen molar-refractivity contribution in [2.24, 2.45) is 0 Å². The third-order valence-corrected chi connectivity index (χ3v) is 4.40.